The number of aromatic nitrogens is 2. The molecule has 2 rings (SSSR count). The van der Waals surface area contributed by atoms with E-state index in [1.807, 2.05) is 12.5 Å². The summed E-state index contributed by atoms with van der Waals surface area (Å²) in [7, 11) is 0. The van der Waals surface area contributed by atoms with Crippen LogP contribution in [0.25, 0.3) is 0 Å². The smallest absolute Gasteiger partial charge is 0.0948 e. The number of rotatable bonds is 7. The fourth-order valence-electron chi connectivity index (χ4n) is 2.52. The van der Waals surface area contributed by atoms with E-state index in [1.54, 1.807) is 0 Å². The van der Waals surface area contributed by atoms with Gasteiger partial charge in [0, 0.05) is 30.9 Å². The fourth-order valence-corrected chi connectivity index (χ4v) is 2.52. The molecule has 1 aromatic heterocycles. The second kappa shape index (κ2) is 5.67. The Hall–Kier alpha value is -0.830. The highest BCUT2D eigenvalue weighted by molar-refractivity contribution is 5.08. The van der Waals surface area contributed by atoms with Crippen molar-refractivity contribution < 1.29 is 0 Å². The molecule has 1 fully saturated rings. The molecule has 96 valence electrons. The molecule has 0 saturated heterocycles. The summed E-state index contributed by atoms with van der Waals surface area (Å²) >= 11 is 0. The summed E-state index contributed by atoms with van der Waals surface area (Å²) in [4.78, 5) is 4.29. The predicted molar refractivity (Wildman–Crippen MR) is 70.8 cm³/mol. The van der Waals surface area contributed by atoms with Crippen LogP contribution < -0.4 is 5.73 Å². The normalized spacial score (nSPS) is 17.6. The molecule has 0 aromatic carbocycles. The van der Waals surface area contributed by atoms with Crippen LogP contribution in [0.2, 0.25) is 0 Å². The highest BCUT2D eigenvalue weighted by Gasteiger charge is 2.21. The first-order valence-electron chi connectivity index (χ1n) is 6.92. The highest BCUT2D eigenvalue weighted by atomic mass is 15.0. The van der Waals surface area contributed by atoms with Gasteiger partial charge in [-0.2, -0.15) is 0 Å². The quantitative estimate of drug-likeness (QED) is 0.789. The number of nitrogens with zero attached hydrogens (tertiary/aromatic N) is 2. The average molecular weight is 235 g/mol. The molecular formula is C14H25N3. The van der Waals surface area contributed by atoms with Gasteiger partial charge in [-0.15, -0.1) is 0 Å². The van der Waals surface area contributed by atoms with Crippen LogP contribution in [-0.2, 0) is 6.54 Å². The molecular weight excluding hydrogens is 210 g/mol. The average Bonchev–Trinajstić information content (AvgIpc) is 3.00. The Bertz CT molecular complexity index is 339. The van der Waals surface area contributed by atoms with E-state index in [4.69, 9.17) is 5.73 Å². The molecule has 0 amide bonds. The number of hydrogen-bond acceptors (Lipinski definition) is 2. The van der Waals surface area contributed by atoms with E-state index in [2.05, 4.69) is 23.4 Å². The molecule has 0 radical (unpaired) electrons. The van der Waals surface area contributed by atoms with Crippen LogP contribution in [0, 0.1) is 11.8 Å². The lowest BCUT2D eigenvalue weighted by molar-refractivity contribution is 0.462. The van der Waals surface area contributed by atoms with E-state index >= 15 is 0 Å². The van der Waals surface area contributed by atoms with Crippen LogP contribution in [0.5, 0.6) is 0 Å². The summed E-state index contributed by atoms with van der Waals surface area (Å²) in [6, 6.07) is 0. The van der Waals surface area contributed by atoms with E-state index in [-0.39, 0.29) is 0 Å². The third-order valence-electron chi connectivity index (χ3n) is 3.89. The van der Waals surface area contributed by atoms with Crippen molar-refractivity contribution in [2.45, 2.75) is 52.0 Å². The predicted octanol–water partition coefficient (Wildman–Crippen LogP) is 2.77. The summed E-state index contributed by atoms with van der Waals surface area (Å²) < 4.78 is 2.31. The van der Waals surface area contributed by atoms with Gasteiger partial charge in [0.25, 0.3) is 0 Å². The summed E-state index contributed by atoms with van der Waals surface area (Å²) in [6.45, 7) is 6.29. The molecule has 0 aliphatic heterocycles. The summed E-state index contributed by atoms with van der Waals surface area (Å²) in [5.74, 6) is 2.05. The molecule has 3 heteroatoms. The number of aryl methyl sites for hydroxylation is 1. The van der Waals surface area contributed by atoms with E-state index < -0.39 is 0 Å². The van der Waals surface area contributed by atoms with Gasteiger partial charge in [0.05, 0.1) is 6.33 Å². The Balaban J connectivity index is 1.93. The van der Waals surface area contributed by atoms with E-state index in [0.717, 1.165) is 12.5 Å². The molecule has 3 nitrogen and oxygen atoms in total. The Morgan fingerprint density at radius 1 is 1.47 bits per heavy atom. The summed E-state index contributed by atoms with van der Waals surface area (Å²) in [6.07, 6.45) is 9.53. The Kier molecular flexibility index (Phi) is 4.21. The van der Waals surface area contributed by atoms with Crippen molar-refractivity contribution in [3.05, 3.63) is 18.2 Å². The number of hydrogen-bond donors (Lipinski definition) is 1. The van der Waals surface area contributed by atoms with Gasteiger partial charge in [0.2, 0.25) is 0 Å². The maximum absolute atomic E-state index is 5.88. The van der Waals surface area contributed by atoms with Gasteiger partial charge in [0.15, 0.2) is 0 Å². The van der Waals surface area contributed by atoms with Crippen molar-refractivity contribution in [3.63, 3.8) is 0 Å². The zero-order valence-electron chi connectivity index (χ0n) is 11.1. The zero-order chi connectivity index (χ0) is 12.3. The molecule has 0 spiro atoms. The second-order valence-corrected chi connectivity index (χ2v) is 5.68. The zero-order valence-corrected chi connectivity index (χ0v) is 11.1. The standard InChI is InChI=1S/C14H25N3/c1-11(2)13(8-15)14-9-16-10-17(14)7-3-4-12-5-6-12/h9-13H,3-8,15H2,1-2H3. The first-order chi connectivity index (χ1) is 8.22. The molecule has 1 unspecified atom stereocenters. The molecule has 1 heterocycles. The minimum absolute atomic E-state index is 0.443. The third kappa shape index (κ3) is 3.32. The molecule has 17 heavy (non-hydrogen) atoms. The highest BCUT2D eigenvalue weighted by Crippen LogP contribution is 2.33. The second-order valence-electron chi connectivity index (χ2n) is 5.68. The van der Waals surface area contributed by atoms with Gasteiger partial charge < -0.3 is 10.3 Å². The van der Waals surface area contributed by atoms with Crippen molar-refractivity contribution >= 4 is 0 Å². The topological polar surface area (TPSA) is 43.8 Å². The van der Waals surface area contributed by atoms with Crippen LogP contribution in [0.1, 0.15) is 51.1 Å². The van der Waals surface area contributed by atoms with Gasteiger partial charge in [0.1, 0.15) is 0 Å². The first-order valence-corrected chi connectivity index (χ1v) is 6.92. The molecule has 1 atom stereocenters. The van der Waals surface area contributed by atoms with Gasteiger partial charge in [-0.1, -0.05) is 26.7 Å². The van der Waals surface area contributed by atoms with E-state index in [0.29, 0.717) is 18.4 Å². The van der Waals surface area contributed by atoms with Crippen LogP contribution in [-0.4, -0.2) is 16.1 Å². The Labute approximate surface area is 104 Å². The maximum atomic E-state index is 5.88. The minimum atomic E-state index is 0.443. The molecule has 1 aliphatic rings. The van der Waals surface area contributed by atoms with Crippen LogP contribution in [0.15, 0.2) is 12.5 Å². The maximum Gasteiger partial charge on any atom is 0.0948 e. The lowest BCUT2D eigenvalue weighted by Gasteiger charge is -2.20. The van der Waals surface area contributed by atoms with Crippen molar-refractivity contribution in [1.29, 1.82) is 0 Å². The van der Waals surface area contributed by atoms with Gasteiger partial charge >= 0.3 is 0 Å². The van der Waals surface area contributed by atoms with Crippen LogP contribution in [0.3, 0.4) is 0 Å². The van der Waals surface area contributed by atoms with Gasteiger partial charge in [-0.05, 0) is 24.7 Å². The third-order valence-corrected chi connectivity index (χ3v) is 3.89. The van der Waals surface area contributed by atoms with Crippen molar-refractivity contribution in [3.8, 4) is 0 Å². The Morgan fingerprint density at radius 2 is 2.24 bits per heavy atom. The molecule has 1 aromatic rings. The van der Waals surface area contributed by atoms with E-state index in [9.17, 15) is 0 Å². The first kappa shape index (κ1) is 12.6. The minimum Gasteiger partial charge on any atom is -0.334 e. The van der Waals surface area contributed by atoms with Crippen LogP contribution in [0.4, 0.5) is 0 Å². The van der Waals surface area contributed by atoms with Crippen molar-refractivity contribution in [1.82, 2.24) is 9.55 Å². The summed E-state index contributed by atoms with van der Waals surface area (Å²) in [5.41, 5.74) is 7.20. The summed E-state index contributed by atoms with van der Waals surface area (Å²) in [5, 5.41) is 0. The number of imidazole rings is 1. The number of nitrogens with two attached hydrogens (primary N) is 1. The molecule has 2 N–H and O–H groups in total. The molecule has 0 bridgehead atoms. The Morgan fingerprint density at radius 3 is 2.82 bits per heavy atom. The van der Waals surface area contributed by atoms with Crippen LogP contribution >= 0.6 is 0 Å². The largest absolute Gasteiger partial charge is 0.334 e. The lowest BCUT2D eigenvalue weighted by atomic mass is 9.93. The lowest BCUT2D eigenvalue weighted by Crippen LogP contribution is -2.21. The fraction of sp³-hybridized carbons (Fsp3) is 0.786. The van der Waals surface area contributed by atoms with Crippen molar-refractivity contribution in [2.75, 3.05) is 6.54 Å². The monoisotopic (exact) mass is 235 g/mol. The van der Waals surface area contributed by atoms with Crippen molar-refractivity contribution in [2.24, 2.45) is 17.6 Å². The molecule has 1 saturated carbocycles. The van der Waals surface area contributed by atoms with E-state index in [1.165, 1.54) is 31.4 Å². The molecule has 1 aliphatic carbocycles. The van der Waals surface area contributed by atoms with Gasteiger partial charge in [-0.3, -0.25) is 0 Å². The SMILES string of the molecule is CC(C)C(CN)c1cncn1CCCC1CC1. The van der Waals surface area contributed by atoms with Gasteiger partial charge in [-0.25, -0.2) is 4.98 Å².